The second kappa shape index (κ2) is 7.77. The largest absolute Gasteiger partial charge is 0.350 e. The smallest absolute Gasteiger partial charge is 0.276 e. The Morgan fingerprint density at radius 2 is 1.83 bits per heavy atom. The predicted molar refractivity (Wildman–Crippen MR) is 94.1 cm³/mol. The number of H-pyrrole nitrogens is 1. The highest BCUT2D eigenvalue weighted by Crippen LogP contribution is 2.16. The van der Waals surface area contributed by atoms with Gasteiger partial charge in [0.15, 0.2) is 5.69 Å². The Labute approximate surface area is 142 Å². The maximum atomic E-state index is 12.4. The number of hydrogen-bond donors (Lipinski definition) is 3. The number of nitrogens with zero attached hydrogens (tertiary/aromatic N) is 1. The van der Waals surface area contributed by atoms with Gasteiger partial charge in [-0.2, -0.15) is 5.10 Å². The third-order valence-electron chi connectivity index (χ3n) is 3.33. The van der Waals surface area contributed by atoms with Crippen molar-refractivity contribution in [2.75, 3.05) is 5.32 Å². The first-order valence-corrected chi connectivity index (χ1v) is 8.12. The molecule has 0 aliphatic rings. The molecule has 128 valence electrons. The van der Waals surface area contributed by atoms with E-state index in [0.717, 1.165) is 12.1 Å². The Balaban J connectivity index is 2.14. The van der Waals surface area contributed by atoms with Crippen LogP contribution in [0.2, 0.25) is 0 Å². The Hall–Kier alpha value is -2.63. The van der Waals surface area contributed by atoms with Gasteiger partial charge < -0.3 is 10.6 Å². The van der Waals surface area contributed by atoms with Crippen LogP contribution in [0.3, 0.4) is 0 Å². The molecule has 2 aromatic rings. The zero-order chi connectivity index (χ0) is 17.7. The van der Waals surface area contributed by atoms with Crippen LogP contribution in [0.1, 0.15) is 54.2 Å². The van der Waals surface area contributed by atoms with Crippen molar-refractivity contribution in [3.05, 3.63) is 47.3 Å². The standard InChI is InChI=1S/C18H24N4O2/c1-11(2)9-13-10-16(22-21-13)18(24)20-15-8-6-5-7-14(15)17(23)19-12(3)4/h5-8,10-12H,9H2,1-4H3,(H,19,23)(H,20,24)(H,21,22). The van der Waals surface area contributed by atoms with Crippen LogP contribution >= 0.6 is 0 Å². The van der Waals surface area contributed by atoms with Crippen LogP contribution in [0, 0.1) is 5.92 Å². The molecule has 1 aromatic heterocycles. The number of rotatable bonds is 6. The number of nitrogens with one attached hydrogen (secondary N) is 3. The van der Waals surface area contributed by atoms with E-state index in [9.17, 15) is 9.59 Å². The van der Waals surface area contributed by atoms with Gasteiger partial charge in [0.25, 0.3) is 11.8 Å². The average molecular weight is 328 g/mol. The van der Waals surface area contributed by atoms with Crippen molar-refractivity contribution in [2.45, 2.75) is 40.2 Å². The second-order valence-electron chi connectivity index (χ2n) is 6.50. The van der Waals surface area contributed by atoms with Gasteiger partial charge in [0, 0.05) is 11.7 Å². The summed E-state index contributed by atoms with van der Waals surface area (Å²) >= 11 is 0. The van der Waals surface area contributed by atoms with Gasteiger partial charge in [-0.3, -0.25) is 14.7 Å². The molecular formula is C18H24N4O2. The maximum absolute atomic E-state index is 12.4. The van der Waals surface area contributed by atoms with Gasteiger partial charge in [-0.1, -0.05) is 26.0 Å². The number of amides is 2. The number of hydrogen-bond acceptors (Lipinski definition) is 3. The van der Waals surface area contributed by atoms with Gasteiger partial charge in [0.1, 0.15) is 0 Å². The summed E-state index contributed by atoms with van der Waals surface area (Å²) in [6.07, 6.45) is 0.827. The fraction of sp³-hybridized carbons (Fsp3) is 0.389. The lowest BCUT2D eigenvalue weighted by molar-refractivity contribution is 0.0944. The van der Waals surface area contributed by atoms with E-state index in [1.54, 1.807) is 30.3 Å². The van der Waals surface area contributed by atoms with Crippen LogP contribution in [-0.2, 0) is 6.42 Å². The van der Waals surface area contributed by atoms with Crippen LogP contribution in [0.15, 0.2) is 30.3 Å². The molecule has 6 heteroatoms. The van der Waals surface area contributed by atoms with E-state index in [1.165, 1.54) is 0 Å². The number of carbonyl (C=O) groups is 2. The number of para-hydroxylation sites is 1. The first-order chi connectivity index (χ1) is 11.4. The minimum Gasteiger partial charge on any atom is -0.350 e. The Bertz CT molecular complexity index is 719. The van der Waals surface area contributed by atoms with E-state index in [-0.39, 0.29) is 17.9 Å². The van der Waals surface area contributed by atoms with Crippen LogP contribution < -0.4 is 10.6 Å². The number of benzene rings is 1. The number of carbonyl (C=O) groups excluding carboxylic acids is 2. The van der Waals surface area contributed by atoms with Gasteiger partial charge in [-0.25, -0.2) is 0 Å². The molecule has 1 heterocycles. The number of aromatic nitrogens is 2. The average Bonchev–Trinajstić information content (AvgIpc) is 2.94. The SMILES string of the molecule is CC(C)Cc1cc(C(=O)Nc2ccccc2C(=O)NC(C)C)n[nH]1. The van der Waals surface area contributed by atoms with Crippen molar-refractivity contribution in [2.24, 2.45) is 5.92 Å². The molecule has 0 aliphatic heterocycles. The molecule has 0 saturated heterocycles. The van der Waals surface area contributed by atoms with Crippen molar-refractivity contribution in [1.82, 2.24) is 15.5 Å². The lowest BCUT2D eigenvalue weighted by Crippen LogP contribution is -2.31. The number of anilines is 1. The van der Waals surface area contributed by atoms with E-state index < -0.39 is 0 Å². The lowest BCUT2D eigenvalue weighted by atomic mass is 10.1. The van der Waals surface area contributed by atoms with Gasteiger partial charge in [-0.15, -0.1) is 0 Å². The van der Waals surface area contributed by atoms with Crippen LogP contribution in [-0.4, -0.2) is 28.1 Å². The molecule has 0 spiro atoms. The molecule has 0 bridgehead atoms. The highest BCUT2D eigenvalue weighted by Gasteiger charge is 2.16. The zero-order valence-electron chi connectivity index (χ0n) is 14.5. The molecule has 0 atom stereocenters. The van der Waals surface area contributed by atoms with Gasteiger partial charge in [-0.05, 0) is 44.4 Å². The molecule has 2 rings (SSSR count). The summed E-state index contributed by atoms with van der Waals surface area (Å²) in [6.45, 7) is 7.98. The topological polar surface area (TPSA) is 86.9 Å². The molecular weight excluding hydrogens is 304 g/mol. The van der Waals surface area contributed by atoms with E-state index in [4.69, 9.17) is 0 Å². The fourth-order valence-corrected chi connectivity index (χ4v) is 2.34. The monoisotopic (exact) mass is 328 g/mol. The van der Waals surface area contributed by atoms with E-state index in [1.807, 2.05) is 13.8 Å². The summed E-state index contributed by atoms with van der Waals surface area (Å²) in [5.41, 5.74) is 2.12. The van der Waals surface area contributed by atoms with Crippen molar-refractivity contribution >= 4 is 17.5 Å². The Morgan fingerprint density at radius 3 is 2.50 bits per heavy atom. The second-order valence-corrected chi connectivity index (χ2v) is 6.50. The van der Waals surface area contributed by atoms with Crippen LogP contribution in [0.4, 0.5) is 5.69 Å². The van der Waals surface area contributed by atoms with E-state index in [0.29, 0.717) is 22.9 Å². The van der Waals surface area contributed by atoms with Crippen LogP contribution in [0.25, 0.3) is 0 Å². The van der Waals surface area contributed by atoms with Crippen molar-refractivity contribution in [3.8, 4) is 0 Å². The minimum atomic E-state index is -0.342. The Morgan fingerprint density at radius 1 is 1.12 bits per heavy atom. The van der Waals surface area contributed by atoms with Crippen molar-refractivity contribution in [3.63, 3.8) is 0 Å². The Kier molecular flexibility index (Phi) is 5.73. The molecule has 0 radical (unpaired) electrons. The van der Waals surface area contributed by atoms with Gasteiger partial charge in [0.2, 0.25) is 0 Å². The van der Waals surface area contributed by atoms with Gasteiger partial charge in [0.05, 0.1) is 11.3 Å². The molecule has 2 amide bonds. The quantitative estimate of drug-likeness (QED) is 0.762. The molecule has 3 N–H and O–H groups in total. The summed E-state index contributed by atoms with van der Waals surface area (Å²) < 4.78 is 0. The summed E-state index contributed by atoms with van der Waals surface area (Å²) in [7, 11) is 0. The summed E-state index contributed by atoms with van der Waals surface area (Å²) in [5.74, 6) is -0.0868. The molecule has 24 heavy (non-hydrogen) atoms. The fourth-order valence-electron chi connectivity index (χ4n) is 2.34. The normalized spacial score (nSPS) is 10.9. The summed E-state index contributed by atoms with van der Waals surface area (Å²) in [5, 5.41) is 12.5. The van der Waals surface area contributed by atoms with Crippen LogP contribution in [0.5, 0.6) is 0 Å². The number of aromatic amines is 1. The van der Waals surface area contributed by atoms with Gasteiger partial charge >= 0.3 is 0 Å². The molecule has 0 fully saturated rings. The van der Waals surface area contributed by atoms with Crippen molar-refractivity contribution in [1.29, 1.82) is 0 Å². The molecule has 6 nitrogen and oxygen atoms in total. The third-order valence-corrected chi connectivity index (χ3v) is 3.33. The third kappa shape index (κ3) is 4.68. The molecule has 0 aliphatic carbocycles. The summed E-state index contributed by atoms with van der Waals surface area (Å²) in [6, 6.07) is 8.69. The van der Waals surface area contributed by atoms with E-state index in [2.05, 4.69) is 34.7 Å². The first-order valence-electron chi connectivity index (χ1n) is 8.12. The lowest BCUT2D eigenvalue weighted by Gasteiger charge is -2.12. The first kappa shape index (κ1) is 17.7. The minimum absolute atomic E-state index is 0.0196. The summed E-state index contributed by atoms with van der Waals surface area (Å²) in [4.78, 5) is 24.6. The van der Waals surface area contributed by atoms with Crippen molar-refractivity contribution < 1.29 is 9.59 Å². The zero-order valence-corrected chi connectivity index (χ0v) is 14.5. The maximum Gasteiger partial charge on any atom is 0.276 e. The molecule has 0 saturated carbocycles. The predicted octanol–water partition coefficient (Wildman–Crippen LogP) is 3.00. The highest BCUT2D eigenvalue weighted by atomic mass is 16.2. The molecule has 1 aromatic carbocycles. The highest BCUT2D eigenvalue weighted by molar-refractivity contribution is 6.08. The van der Waals surface area contributed by atoms with E-state index >= 15 is 0 Å². The molecule has 0 unspecified atom stereocenters.